The van der Waals surface area contributed by atoms with Gasteiger partial charge in [-0.3, -0.25) is 4.55 Å². The molecule has 8 heteroatoms. The van der Waals surface area contributed by atoms with Gasteiger partial charge in [0.15, 0.2) is 0 Å². The molecule has 3 aromatic carbocycles. The molecular formula is C40H46O6S2. The van der Waals surface area contributed by atoms with Crippen molar-refractivity contribution < 1.29 is 25.6 Å². The van der Waals surface area contributed by atoms with Gasteiger partial charge in [0.25, 0.3) is 10.1 Å². The first-order valence-electron chi connectivity index (χ1n) is 18.6. The van der Waals surface area contributed by atoms with Gasteiger partial charge in [-0.25, -0.2) is 0 Å². The van der Waals surface area contributed by atoms with E-state index in [1.54, 1.807) is 0 Å². The standard InChI is InChI=1S/C40H46O6S2/c41-47(42,43)36-10-9-35(31-6-2-3-7-32(31)36)46-48(44,45)37-17-34(39-18-24-11-25(19-39)13-26(12-24)20-39)30-5-1-4-8-33(30)38(37)40-21-27-14-28(22-40)16-29(15-27)23-40/h1,4-5,8-10,17,24-29H,2-3,6-7,11-16,18-23H2,(H,41,42,43). The fraction of sp³-hybridized carbons (Fsp3) is 0.600. The first kappa shape index (κ1) is 30.4. The van der Waals surface area contributed by atoms with Gasteiger partial charge in [0.05, 0.1) is 4.90 Å². The summed E-state index contributed by atoms with van der Waals surface area (Å²) in [5, 5.41) is 2.36. The molecule has 0 unspecified atom stereocenters. The minimum atomic E-state index is -4.45. The van der Waals surface area contributed by atoms with Gasteiger partial charge < -0.3 is 4.18 Å². The van der Waals surface area contributed by atoms with Gasteiger partial charge in [-0.05, 0) is 195 Å². The Bertz CT molecular complexity index is 2010. The van der Waals surface area contributed by atoms with Crippen molar-refractivity contribution in [1.82, 2.24) is 0 Å². The molecule has 0 radical (unpaired) electrons. The smallest absolute Gasteiger partial charge is 0.339 e. The lowest BCUT2D eigenvalue weighted by Crippen LogP contribution is -2.50. The van der Waals surface area contributed by atoms with Crippen molar-refractivity contribution in [2.75, 3.05) is 0 Å². The van der Waals surface area contributed by atoms with E-state index in [0.717, 1.165) is 80.1 Å². The summed E-state index contributed by atoms with van der Waals surface area (Å²) in [5.41, 5.74) is 3.11. The van der Waals surface area contributed by atoms with Crippen molar-refractivity contribution in [1.29, 1.82) is 0 Å². The van der Waals surface area contributed by atoms with Crippen LogP contribution in [-0.2, 0) is 43.9 Å². The molecule has 0 amide bonds. The third-order valence-corrected chi connectivity index (χ3v) is 16.6. The Morgan fingerprint density at radius 2 is 1.10 bits per heavy atom. The maximum absolute atomic E-state index is 15.1. The average Bonchev–Trinajstić information content (AvgIpc) is 3.02. The second-order valence-electron chi connectivity index (χ2n) is 17.5. The molecular weight excluding hydrogens is 641 g/mol. The number of hydrogen-bond acceptors (Lipinski definition) is 5. The summed E-state index contributed by atoms with van der Waals surface area (Å²) in [4.78, 5) is 0.225. The zero-order valence-corrected chi connectivity index (χ0v) is 29.3. The van der Waals surface area contributed by atoms with Crippen LogP contribution >= 0.6 is 0 Å². The summed E-state index contributed by atoms with van der Waals surface area (Å²) < 4.78 is 71.1. The highest BCUT2D eigenvalue weighted by Gasteiger charge is 2.56. The van der Waals surface area contributed by atoms with Crippen LogP contribution in [0.3, 0.4) is 0 Å². The predicted molar refractivity (Wildman–Crippen MR) is 184 cm³/mol. The lowest BCUT2D eigenvalue weighted by Gasteiger charge is -2.58. The van der Waals surface area contributed by atoms with Gasteiger partial charge >= 0.3 is 10.1 Å². The normalized spacial score (nSPS) is 36.4. The summed E-state index contributed by atoms with van der Waals surface area (Å²) in [5.74, 6) is 4.32. The first-order valence-corrected chi connectivity index (χ1v) is 21.5. The highest BCUT2D eigenvalue weighted by atomic mass is 32.2. The molecule has 0 heterocycles. The van der Waals surface area contributed by atoms with Crippen LogP contribution in [0.1, 0.15) is 112 Å². The van der Waals surface area contributed by atoms with E-state index in [0.29, 0.717) is 46.6 Å². The number of hydrogen-bond donors (Lipinski definition) is 1. The molecule has 1 N–H and O–H groups in total. The maximum atomic E-state index is 15.1. The quantitative estimate of drug-likeness (QED) is 0.206. The number of fused-ring (bicyclic) bond motifs is 2. The Morgan fingerprint density at radius 3 is 1.65 bits per heavy atom. The third kappa shape index (κ3) is 4.56. The summed E-state index contributed by atoms with van der Waals surface area (Å²) in [6.07, 6.45) is 16.9. The third-order valence-electron chi connectivity index (χ3n) is 14.4. The zero-order chi connectivity index (χ0) is 32.6. The molecule has 254 valence electrons. The van der Waals surface area contributed by atoms with Crippen molar-refractivity contribution in [3.05, 3.63) is 64.7 Å². The Hall–Kier alpha value is -2.42. The van der Waals surface area contributed by atoms with E-state index in [4.69, 9.17) is 4.18 Å². The van der Waals surface area contributed by atoms with Gasteiger partial charge in [-0.1, -0.05) is 24.3 Å². The predicted octanol–water partition coefficient (Wildman–Crippen LogP) is 8.67. The van der Waals surface area contributed by atoms with Crippen LogP contribution in [0.2, 0.25) is 0 Å². The Kier molecular flexibility index (Phi) is 6.54. The molecule has 12 rings (SSSR count). The van der Waals surface area contributed by atoms with E-state index >= 15 is 8.42 Å². The average molecular weight is 687 g/mol. The Morgan fingerprint density at radius 1 is 0.604 bits per heavy atom. The Labute approximate surface area is 284 Å². The molecule has 3 aromatic rings. The molecule has 0 atom stereocenters. The van der Waals surface area contributed by atoms with E-state index in [1.165, 1.54) is 61.6 Å². The summed E-state index contributed by atoms with van der Waals surface area (Å²) in [6, 6.07) is 13.6. The van der Waals surface area contributed by atoms with Gasteiger partial charge in [0.1, 0.15) is 10.6 Å². The van der Waals surface area contributed by atoms with Gasteiger partial charge in [0, 0.05) is 5.56 Å². The molecule has 9 aliphatic rings. The van der Waals surface area contributed by atoms with Gasteiger partial charge in [-0.15, -0.1) is 0 Å². The van der Waals surface area contributed by atoms with Crippen LogP contribution < -0.4 is 4.18 Å². The molecule has 8 saturated carbocycles. The van der Waals surface area contributed by atoms with Crippen LogP contribution in [0.5, 0.6) is 5.75 Å². The van der Waals surface area contributed by atoms with E-state index < -0.39 is 20.2 Å². The SMILES string of the molecule is O=S(=O)(O)c1ccc(OS(=O)(=O)c2cc(C34CC5CC(CC(C5)C3)C4)c3ccccc3c2C23CC4CC(CC(C4)C2)C3)c2c1CCCC2. The minimum absolute atomic E-state index is 0.00504. The van der Waals surface area contributed by atoms with Crippen LogP contribution in [-0.4, -0.2) is 21.4 Å². The first-order chi connectivity index (χ1) is 23.0. The molecule has 0 aromatic heterocycles. The molecule has 0 spiro atoms. The Balaban J connectivity index is 1.19. The van der Waals surface area contributed by atoms with Gasteiger partial charge in [0.2, 0.25) is 0 Å². The lowest BCUT2D eigenvalue weighted by atomic mass is 9.46. The van der Waals surface area contributed by atoms with Crippen LogP contribution in [0.25, 0.3) is 10.8 Å². The maximum Gasteiger partial charge on any atom is 0.339 e. The molecule has 8 fully saturated rings. The van der Waals surface area contributed by atoms with Crippen molar-refractivity contribution in [2.45, 2.75) is 123 Å². The lowest BCUT2D eigenvalue weighted by molar-refractivity contribution is -0.00703. The summed E-state index contributed by atoms with van der Waals surface area (Å²) >= 11 is 0. The monoisotopic (exact) mass is 686 g/mol. The summed E-state index contributed by atoms with van der Waals surface area (Å²) in [7, 11) is -8.76. The largest absolute Gasteiger partial charge is 0.379 e. The molecule has 0 aliphatic heterocycles. The molecule has 48 heavy (non-hydrogen) atoms. The van der Waals surface area contributed by atoms with E-state index in [2.05, 4.69) is 30.3 Å². The fourth-order valence-electron chi connectivity index (χ4n) is 13.7. The van der Waals surface area contributed by atoms with E-state index in [-0.39, 0.29) is 21.5 Å². The molecule has 8 bridgehead atoms. The molecule has 9 aliphatic carbocycles. The second-order valence-corrected chi connectivity index (χ2v) is 20.4. The minimum Gasteiger partial charge on any atom is -0.379 e. The number of benzene rings is 3. The second kappa shape index (κ2) is 10.3. The van der Waals surface area contributed by atoms with Crippen LogP contribution in [0.15, 0.2) is 52.3 Å². The van der Waals surface area contributed by atoms with E-state index in [1.807, 2.05) is 0 Å². The zero-order valence-electron chi connectivity index (χ0n) is 27.6. The van der Waals surface area contributed by atoms with Crippen molar-refractivity contribution in [3.63, 3.8) is 0 Å². The topological polar surface area (TPSA) is 97.7 Å². The fourth-order valence-corrected chi connectivity index (χ4v) is 15.8. The highest BCUT2D eigenvalue weighted by molar-refractivity contribution is 7.87. The summed E-state index contributed by atoms with van der Waals surface area (Å²) in [6.45, 7) is 0. The van der Waals surface area contributed by atoms with Crippen LogP contribution in [0, 0.1) is 35.5 Å². The van der Waals surface area contributed by atoms with E-state index in [9.17, 15) is 13.0 Å². The number of rotatable bonds is 6. The van der Waals surface area contributed by atoms with Crippen molar-refractivity contribution >= 4 is 31.0 Å². The van der Waals surface area contributed by atoms with Crippen molar-refractivity contribution in [2.24, 2.45) is 35.5 Å². The van der Waals surface area contributed by atoms with Gasteiger partial charge in [-0.2, -0.15) is 16.8 Å². The van der Waals surface area contributed by atoms with Crippen molar-refractivity contribution in [3.8, 4) is 5.75 Å². The molecule has 6 nitrogen and oxygen atoms in total. The van der Waals surface area contributed by atoms with Crippen LogP contribution in [0.4, 0.5) is 0 Å². The molecule has 0 saturated heterocycles. The highest BCUT2D eigenvalue weighted by Crippen LogP contribution is 2.65.